The average molecular weight is 1060 g/mol. The van der Waals surface area contributed by atoms with Crippen LogP contribution in [0, 0.1) is 25.7 Å². The zero-order valence-electron chi connectivity index (χ0n) is 40.1. The standard InChI is InChI=1S/C61H57N4O.Pt/c1-40-33-58(62-38-53(40)42-19-22-44(23-20-42)59(2,3)4)65-55-35-46(61(8,9)10)26-30-51(55)52-31-29-50(37-56(52)65)66-49-18-14-17-48(36-49)64-39-63(47-27-24-45(25-28-47)60(5,6)7)54-32-21-43(34-57(54)64)41-15-12-11-13-16-41;/h11-35,38-39H,1-10H3;/q-3;. The van der Waals surface area contributed by atoms with Crippen molar-refractivity contribution in [2.45, 2.75) is 85.5 Å². The molecule has 0 fully saturated rings. The number of ether oxygens (including phenoxy) is 1. The normalized spacial score (nSPS) is 13.0. The van der Waals surface area contributed by atoms with Crippen molar-refractivity contribution in [2.75, 3.05) is 9.80 Å². The fraction of sp³-hybridized carbons (Fsp3) is 0.213. The van der Waals surface area contributed by atoms with E-state index in [0.717, 1.165) is 72.6 Å². The Morgan fingerprint density at radius 2 is 1.15 bits per heavy atom. The van der Waals surface area contributed by atoms with Crippen LogP contribution in [0.1, 0.15) is 84.6 Å². The molecule has 0 saturated carbocycles. The first-order valence-corrected chi connectivity index (χ1v) is 23.0. The van der Waals surface area contributed by atoms with Crippen LogP contribution in [-0.2, 0) is 37.3 Å². The molecule has 7 aromatic carbocycles. The molecule has 0 amide bonds. The summed E-state index contributed by atoms with van der Waals surface area (Å²) in [5, 5.41) is 2.23. The number of anilines is 4. The van der Waals surface area contributed by atoms with Gasteiger partial charge >= 0.3 is 0 Å². The summed E-state index contributed by atoms with van der Waals surface area (Å²) in [6.07, 6.45) is 2.02. The van der Waals surface area contributed by atoms with Crippen LogP contribution in [0.3, 0.4) is 0 Å². The minimum Gasteiger partial charge on any atom is -0.509 e. The van der Waals surface area contributed by atoms with E-state index in [4.69, 9.17) is 9.72 Å². The van der Waals surface area contributed by atoms with Crippen LogP contribution in [0.2, 0.25) is 0 Å². The van der Waals surface area contributed by atoms with Gasteiger partial charge in [-0.15, -0.1) is 48.1 Å². The third-order valence-electron chi connectivity index (χ3n) is 13.0. The molecule has 340 valence electrons. The molecule has 10 rings (SSSR count). The van der Waals surface area contributed by atoms with E-state index >= 15 is 0 Å². The zero-order chi connectivity index (χ0) is 46.1. The summed E-state index contributed by atoms with van der Waals surface area (Å²) in [7, 11) is 0. The smallest absolute Gasteiger partial charge is 0.135 e. The fourth-order valence-corrected chi connectivity index (χ4v) is 9.05. The van der Waals surface area contributed by atoms with E-state index in [0.29, 0.717) is 11.5 Å². The van der Waals surface area contributed by atoms with Crippen LogP contribution in [-0.4, -0.2) is 9.55 Å². The summed E-state index contributed by atoms with van der Waals surface area (Å²) < 4.78 is 8.97. The largest absolute Gasteiger partial charge is 0.509 e. The molecule has 1 aliphatic heterocycles. The summed E-state index contributed by atoms with van der Waals surface area (Å²) in [5.41, 5.74) is 15.8. The van der Waals surface area contributed by atoms with E-state index in [1.807, 2.05) is 24.4 Å². The molecule has 6 heteroatoms. The molecule has 0 saturated heterocycles. The SMILES string of the molecule is Cc1cc(-n2c3[c-]c(Oc4[c-]c(N5[CH-]N(c6ccc(C(C)(C)C)cc6)c6ccc(-c7ccccc7)cc65)ccc4)ccc3c3ccc(C(C)(C)C)cc32)ncc1-c1ccc(C(C)(C)C)cc1.[Pt]. The Hall–Kier alpha value is -6.42. The van der Waals surface area contributed by atoms with Crippen molar-refractivity contribution in [2.24, 2.45) is 0 Å². The third-order valence-corrected chi connectivity index (χ3v) is 13.0. The molecule has 0 bridgehead atoms. The minimum absolute atomic E-state index is 0. The van der Waals surface area contributed by atoms with Gasteiger partial charge in [0.05, 0.1) is 0 Å². The molecule has 67 heavy (non-hydrogen) atoms. The van der Waals surface area contributed by atoms with Gasteiger partial charge in [-0.05, 0) is 104 Å². The van der Waals surface area contributed by atoms with Crippen molar-refractivity contribution in [3.63, 3.8) is 0 Å². The minimum atomic E-state index is -0.0367. The van der Waals surface area contributed by atoms with Gasteiger partial charge in [0.1, 0.15) is 5.82 Å². The quantitative estimate of drug-likeness (QED) is 0.149. The maximum Gasteiger partial charge on any atom is 0.135 e. The van der Waals surface area contributed by atoms with Gasteiger partial charge in [-0.1, -0.05) is 153 Å². The Balaban J connectivity index is 0.00000562. The first kappa shape index (κ1) is 45.7. The van der Waals surface area contributed by atoms with E-state index in [1.165, 1.54) is 22.3 Å². The number of pyridine rings is 1. The van der Waals surface area contributed by atoms with Crippen molar-refractivity contribution in [3.8, 4) is 39.6 Å². The van der Waals surface area contributed by atoms with Gasteiger partial charge in [0.25, 0.3) is 0 Å². The van der Waals surface area contributed by atoms with Gasteiger partial charge in [-0.25, -0.2) is 4.98 Å². The maximum atomic E-state index is 6.72. The summed E-state index contributed by atoms with van der Waals surface area (Å²) in [6.45, 7) is 24.6. The Labute approximate surface area is 411 Å². The van der Waals surface area contributed by atoms with Gasteiger partial charge in [0.15, 0.2) is 0 Å². The number of nitrogens with zero attached hydrogens (tertiary/aromatic N) is 4. The summed E-state index contributed by atoms with van der Waals surface area (Å²) >= 11 is 0. The second-order valence-electron chi connectivity index (χ2n) is 20.8. The van der Waals surface area contributed by atoms with Gasteiger partial charge in [0, 0.05) is 66.9 Å². The number of aryl methyl sites for hydroxylation is 1. The van der Waals surface area contributed by atoms with Crippen LogP contribution in [0.25, 0.3) is 49.9 Å². The first-order valence-electron chi connectivity index (χ1n) is 23.0. The molecule has 9 aromatic rings. The molecule has 0 radical (unpaired) electrons. The van der Waals surface area contributed by atoms with Crippen molar-refractivity contribution in [1.82, 2.24) is 9.55 Å². The average Bonchev–Trinajstić information content (AvgIpc) is 3.84. The zero-order valence-corrected chi connectivity index (χ0v) is 42.4. The molecule has 0 N–H and O–H groups in total. The Bertz CT molecular complexity index is 3260. The number of rotatable bonds is 7. The Morgan fingerprint density at radius 1 is 0.522 bits per heavy atom. The van der Waals surface area contributed by atoms with E-state index in [9.17, 15) is 0 Å². The third kappa shape index (κ3) is 8.83. The van der Waals surface area contributed by atoms with E-state index in [2.05, 4.69) is 236 Å². The molecule has 0 spiro atoms. The topological polar surface area (TPSA) is 33.5 Å². The number of hydrogen-bond acceptors (Lipinski definition) is 4. The van der Waals surface area contributed by atoms with Crippen LogP contribution < -0.4 is 14.5 Å². The number of hydrogen-bond donors (Lipinski definition) is 0. The second kappa shape index (κ2) is 17.3. The summed E-state index contributed by atoms with van der Waals surface area (Å²) in [5.74, 6) is 2.03. The molecule has 3 heterocycles. The van der Waals surface area contributed by atoms with Gasteiger partial charge < -0.3 is 19.1 Å². The molecule has 2 aromatic heterocycles. The molecule has 0 aliphatic carbocycles. The summed E-state index contributed by atoms with van der Waals surface area (Å²) in [6, 6.07) is 61.6. The molecular weight excluding hydrogens is 1000 g/mol. The van der Waals surface area contributed by atoms with Crippen LogP contribution >= 0.6 is 0 Å². The first-order chi connectivity index (χ1) is 31.5. The Morgan fingerprint density at radius 3 is 1.82 bits per heavy atom. The predicted octanol–water partition coefficient (Wildman–Crippen LogP) is 16.5. The van der Waals surface area contributed by atoms with Gasteiger partial charge in [-0.3, -0.25) is 0 Å². The fourth-order valence-electron chi connectivity index (χ4n) is 9.05. The van der Waals surface area contributed by atoms with Gasteiger partial charge in [-0.2, -0.15) is 12.1 Å². The van der Waals surface area contributed by atoms with Gasteiger partial charge in [0.2, 0.25) is 0 Å². The predicted molar refractivity (Wildman–Crippen MR) is 276 cm³/mol. The van der Waals surface area contributed by atoms with Crippen molar-refractivity contribution in [3.05, 3.63) is 199 Å². The van der Waals surface area contributed by atoms with Crippen molar-refractivity contribution >= 4 is 44.6 Å². The van der Waals surface area contributed by atoms with Crippen molar-refractivity contribution in [1.29, 1.82) is 0 Å². The molecular formula is C61H57N4OPt-3. The maximum absolute atomic E-state index is 6.72. The number of fused-ring (bicyclic) bond motifs is 4. The molecule has 0 atom stereocenters. The Kier molecular flexibility index (Phi) is 11.8. The van der Waals surface area contributed by atoms with Crippen molar-refractivity contribution < 1.29 is 25.8 Å². The summed E-state index contributed by atoms with van der Waals surface area (Å²) in [4.78, 5) is 9.63. The molecule has 5 nitrogen and oxygen atoms in total. The van der Waals surface area contributed by atoms with Crippen LogP contribution in [0.5, 0.6) is 11.5 Å². The van der Waals surface area contributed by atoms with E-state index in [1.54, 1.807) is 0 Å². The molecule has 1 aliphatic rings. The van der Waals surface area contributed by atoms with E-state index in [-0.39, 0.29) is 37.3 Å². The van der Waals surface area contributed by atoms with Crippen LogP contribution in [0.15, 0.2) is 158 Å². The second-order valence-corrected chi connectivity index (χ2v) is 20.8. The van der Waals surface area contributed by atoms with Crippen LogP contribution in [0.4, 0.5) is 22.7 Å². The number of benzene rings is 7. The van der Waals surface area contributed by atoms with E-state index < -0.39 is 0 Å². The monoisotopic (exact) mass is 1060 g/mol. The number of aromatic nitrogens is 2. The molecule has 0 unspecified atom stereocenters.